The lowest BCUT2D eigenvalue weighted by molar-refractivity contribution is 0.0675. The van der Waals surface area contributed by atoms with Crippen LogP contribution in [-0.4, -0.2) is 47.3 Å². The second kappa shape index (κ2) is 4.26. The fraction of sp³-hybridized carbons (Fsp3) is 0.625. The van der Waals surface area contributed by atoms with Gasteiger partial charge in [0, 0.05) is 13.1 Å². The summed E-state index contributed by atoms with van der Waals surface area (Å²) in [5, 5.41) is 3.62. The molecule has 1 aliphatic rings. The third-order valence-corrected chi connectivity index (χ3v) is 2.06. The zero-order valence-corrected chi connectivity index (χ0v) is 8.51. The topological polar surface area (TPSA) is 89.8 Å². The lowest BCUT2D eigenvalue weighted by Crippen LogP contribution is -2.44. The van der Waals surface area contributed by atoms with Gasteiger partial charge in [-0.1, -0.05) is 5.16 Å². The zero-order chi connectivity index (χ0) is 10.7. The molecule has 1 fully saturated rings. The van der Waals surface area contributed by atoms with Crippen molar-refractivity contribution in [1.82, 2.24) is 15.0 Å². The Balaban J connectivity index is 2.05. The number of morpholine rings is 1. The Morgan fingerprint density at radius 2 is 2.20 bits per heavy atom. The molecular formula is C8H13N5O2. The van der Waals surface area contributed by atoms with Crippen LogP contribution in [0, 0.1) is 6.92 Å². The van der Waals surface area contributed by atoms with Crippen molar-refractivity contribution in [3.05, 3.63) is 5.82 Å². The van der Waals surface area contributed by atoms with Crippen molar-refractivity contribution >= 4 is 12.0 Å². The van der Waals surface area contributed by atoms with Crippen molar-refractivity contribution in [3.63, 3.8) is 0 Å². The van der Waals surface area contributed by atoms with Gasteiger partial charge in [0.25, 0.3) is 0 Å². The van der Waals surface area contributed by atoms with Crippen molar-refractivity contribution in [1.29, 1.82) is 0 Å². The normalized spacial score (nSPS) is 18.2. The molecule has 0 unspecified atom stereocenters. The van der Waals surface area contributed by atoms with Crippen molar-refractivity contribution < 1.29 is 9.26 Å². The summed E-state index contributed by atoms with van der Waals surface area (Å²) < 4.78 is 10.0. The van der Waals surface area contributed by atoms with Gasteiger partial charge in [-0.3, -0.25) is 0 Å². The van der Waals surface area contributed by atoms with Gasteiger partial charge in [0.15, 0.2) is 5.82 Å². The van der Waals surface area contributed by atoms with Crippen LogP contribution in [0.15, 0.2) is 9.52 Å². The Kier molecular flexibility index (Phi) is 2.82. The minimum atomic E-state index is 0.191. The molecule has 0 aromatic carbocycles. The van der Waals surface area contributed by atoms with Gasteiger partial charge in [-0.15, -0.1) is 0 Å². The van der Waals surface area contributed by atoms with Gasteiger partial charge in [-0.05, 0) is 6.92 Å². The number of rotatable bonds is 1. The van der Waals surface area contributed by atoms with E-state index in [1.54, 1.807) is 6.92 Å². The van der Waals surface area contributed by atoms with Crippen LogP contribution in [0.1, 0.15) is 5.82 Å². The van der Waals surface area contributed by atoms with Crippen molar-refractivity contribution in [3.8, 4) is 0 Å². The van der Waals surface area contributed by atoms with Crippen LogP contribution < -0.4 is 5.73 Å². The highest BCUT2D eigenvalue weighted by molar-refractivity contribution is 5.80. The number of hydrogen-bond acceptors (Lipinski definition) is 5. The number of ether oxygens (including phenoxy) is 1. The van der Waals surface area contributed by atoms with Crippen molar-refractivity contribution in [2.45, 2.75) is 6.92 Å². The number of guanidine groups is 1. The minimum absolute atomic E-state index is 0.191. The average molecular weight is 211 g/mol. The maximum absolute atomic E-state index is 5.78. The fourth-order valence-corrected chi connectivity index (χ4v) is 1.29. The molecule has 0 aliphatic carbocycles. The third-order valence-electron chi connectivity index (χ3n) is 2.06. The van der Waals surface area contributed by atoms with Crippen LogP contribution in [0.5, 0.6) is 0 Å². The largest absolute Gasteiger partial charge is 0.378 e. The molecule has 7 heteroatoms. The Hall–Kier alpha value is -1.63. The molecule has 0 atom stereocenters. The van der Waals surface area contributed by atoms with Crippen molar-refractivity contribution in [2.24, 2.45) is 10.7 Å². The van der Waals surface area contributed by atoms with E-state index >= 15 is 0 Å². The molecule has 7 nitrogen and oxygen atoms in total. The van der Waals surface area contributed by atoms with E-state index in [1.165, 1.54) is 0 Å². The maximum Gasteiger partial charge on any atom is 0.350 e. The fourth-order valence-electron chi connectivity index (χ4n) is 1.29. The first-order valence-corrected chi connectivity index (χ1v) is 4.73. The molecule has 1 aromatic heterocycles. The highest BCUT2D eigenvalue weighted by atomic mass is 16.5. The summed E-state index contributed by atoms with van der Waals surface area (Å²) >= 11 is 0. The number of aromatic nitrogens is 2. The van der Waals surface area contributed by atoms with Gasteiger partial charge in [0.05, 0.1) is 13.2 Å². The predicted octanol–water partition coefficient (Wildman–Crippen LogP) is -0.344. The van der Waals surface area contributed by atoms with E-state index in [0.717, 1.165) is 13.1 Å². The van der Waals surface area contributed by atoms with E-state index in [4.69, 9.17) is 15.0 Å². The Morgan fingerprint density at radius 3 is 2.80 bits per heavy atom. The van der Waals surface area contributed by atoms with Crippen LogP contribution in [0.2, 0.25) is 0 Å². The summed E-state index contributed by atoms with van der Waals surface area (Å²) in [4.78, 5) is 9.89. The van der Waals surface area contributed by atoms with E-state index in [9.17, 15) is 0 Å². The first-order chi connectivity index (χ1) is 7.25. The molecule has 0 bridgehead atoms. The molecule has 0 radical (unpaired) electrons. The minimum Gasteiger partial charge on any atom is -0.378 e. The molecule has 0 amide bonds. The lowest BCUT2D eigenvalue weighted by atomic mass is 10.4. The summed E-state index contributed by atoms with van der Waals surface area (Å²) in [6.07, 6.45) is 0. The average Bonchev–Trinajstić information content (AvgIpc) is 2.65. The highest BCUT2D eigenvalue weighted by Gasteiger charge is 2.13. The van der Waals surface area contributed by atoms with Crippen molar-refractivity contribution in [2.75, 3.05) is 26.3 Å². The van der Waals surface area contributed by atoms with E-state index in [1.807, 2.05) is 4.90 Å². The smallest absolute Gasteiger partial charge is 0.350 e. The molecule has 2 heterocycles. The molecule has 2 N–H and O–H groups in total. The summed E-state index contributed by atoms with van der Waals surface area (Å²) in [6.45, 7) is 4.54. The number of aliphatic imine (C=N–C) groups is 1. The molecule has 0 saturated carbocycles. The van der Waals surface area contributed by atoms with E-state index in [-0.39, 0.29) is 6.01 Å². The SMILES string of the molecule is Cc1noc(/N=C(\N)N2CCOCC2)n1. The zero-order valence-electron chi connectivity index (χ0n) is 8.51. The maximum atomic E-state index is 5.78. The van der Waals surface area contributed by atoms with Gasteiger partial charge in [0.2, 0.25) is 5.96 Å². The molecule has 0 spiro atoms. The molecule has 82 valence electrons. The predicted molar refractivity (Wildman–Crippen MR) is 52.7 cm³/mol. The van der Waals surface area contributed by atoms with Crippen LogP contribution in [0.3, 0.4) is 0 Å². The molecule has 1 saturated heterocycles. The summed E-state index contributed by atoms with van der Waals surface area (Å²) in [5.41, 5.74) is 5.78. The quantitative estimate of drug-likeness (QED) is 0.504. The molecule has 1 aliphatic heterocycles. The van der Waals surface area contributed by atoms with E-state index in [2.05, 4.69) is 15.1 Å². The summed E-state index contributed by atoms with van der Waals surface area (Å²) in [6, 6.07) is 0.191. The Labute approximate surface area is 86.9 Å². The monoisotopic (exact) mass is 211 g/mol. The van der Waals surface area contributed by atoms with Gasteiger partial charge in [-0.2, -0.15) is 9.98 Å². The molecule has 1 aromatic rings. The molecular weight excluding hydrogens is 198 g/mol. The standard InChI is InChI=1S/C8H13N5O2/c1-6-10-8(15-12-6)11-7(9)13-2-4-14-5-3-13/h2-5H2,1H3,(H2,9,10,11,12). The summed E-state index contributed by atoms with van der Waals surface area (Å²) in [7, 11) is 0. The van der Waals surface area contributed by atoms with E-state index < -0.39 is 0 Å². The highest BCUT2D eigenvalue weighted by Crippen LogP contribution is 2.07. The first kappa shape index (κ1) is 9.91. The van der Waals surface area contributed by atoms with Gasteiger partial charge in [-0.25, -0.2) is 0 Å². The van der Waals surface area contributed by atoms with Gasteiger partial charge in [0.1, 0.15) is 0 Å². The van der Waals surface area contributed by atoms with Crippen LogP contribution in [0.4, 0.5) is 6.01 Å². The lowest BCUT2D eigenvalue weighted by Gasteiger charge is -2.27. The number of aryl methyl sites for hydroxylation is 1. The molecule has 2 rings (SSSR count). The number of nitrogens with zero attached hydrogens (tertiary/aromatic N) is 4. The first-order valence-electron chi connectivity index (χ1n) is 4.73. The molecule has 15 heavy (non-hydrogen) atoms. The Morgan fingerprint density at radius 1 is 1.47 bits per heavy atom. The van der Waals surface area contributed by atoms with Crippen LogP contribution >= 0.6 is 0 Å². The summed E-state index contributed by atoms with van der Waals surface area (Å²) in [5.74, 6) is 0.936. The van der Waals surface area contributed by atoms with Crippen LogP contribution in [-0.2, 0) is 4.74 Å². The third kappa shape index (κ3) is 2.44. The Bertz CT molecular complexity index is 356. The van der Waals surface area contributed by atoms with Gasteiger partial charge < -0.3 is 19.9 Å². The van der Waals surface area contributed by atoms with Crippen LogP contribution in [0.25, 0.3) is 0 Å². The second-order valence-electron chi connectivity index (χ2n) is 3.19. The van der Waals surface area contributed by atoms with E-state index in [0.29, 0.717) is 25.0 Å². The second-order valence-corrected chi connectivity index (χ2v) is 3.19. The number of hydrogen-bond donors (Lipinski definition) is 1. The van der Waals surface area contributed by atoms with Gasteiger partial charge >= 0.3 is 6.01 Å². The number of nitrogens with two attached hydrogens (primary N) is 1.